The molecule has 0 saturated carbocycles. The Kier molecular flexibility index (Phi) is 4.71. The van der Waals surface area contributed by atoms with E-state index in [4.69, 9.17) is 4.74 Å². The summed E-state index contributed by atoms with van der Waals surface area (Å²) < 4.78 is 86.2. The number of fused-ring (bicyclic) bond motifs is 2. The van der Waals surface area contributed by atoms with Crippen molar-refractivity contribution in [3.8, 4) is 0 Å². The van der Waals surface area contributed by atoms with Crippen LogP contribution in [0.1, 0.15) is 42.2 Å². The predicted molar refractivity (Wildman–Crippen MR) is 89.8 cm³/mol. The second-order valence-corrected chi connectivity index (χ2v) is 7.18. The number of halogens is 6. The number of hydrogen-bond donors (Lipinski definition) is 0. The molecule has 0 bridgehead atoms. The summed E-state index contributed by atoms with van der Waals surface area (Å²) in [6.07, 6.45) is -8.74. The molecule has 1 aromatic carbocycles. The number of piperidine rings is 1. The maximum atomic E-state index is 13.4. The van der Waals surface area contributed by atoms with Crippen molar-refractivity contribution in [2.24, 2.45) is 0 Å². The van der Waals surface area contributed by atoms with Gasteiger partial charge in [-0.2, -0.15) is 26.3 Å². The standard InChI is InChI=1S/C19H16F6N2O2/c20-18(21,22)12-5-3-4-10-11(8-14(19(23,24)25)26-16(10)12)17-13-6-1-2-7-27(13)15(28)9-29-17/h3-5,8,13,17H,1-2,6-7,9H2/t13-,17+/m0/s1. The number of carbonyl (C=O) groups is 1. The van der Waals surface area contributed by atoms with E-state index in [2.05, 4.69) is 4.98 Å². The van der Waals surface area contributed by atoms with Gasteiger partial charge in [-0.1, -0.05) is 12.1 Å². The number of para-hydroxylation sites is 1. The highest BCUT2D eigenvalue weighted by atomic mass is 19.4. The number of alkyl halides is 6. The van der Waals surface area contributed by atoms with E-state index in [0.717, 1.165) is 25.0 Å². The first-order chi connectivity index (χ1) is 13.6. The van der Waals surface area contributed by atoms with Gasteiger partial charge in [0.05, 0.1) is 17.1 Å². The van der Waals surface area contributed by atoms with E-state index >= 15 is 0 Å². The number of morpholine rings is 1. The van der Waals surface area contributed by atoms with E-state index in [1.807, 2.05) is 0 Å². The number of carbonyl (C=O) groups excluding carboxylic acids is 1. The minimum Gasteiger partial charge on any atom is -0.362 e. The van der Waals surface area contributed by atoms with E-state index in [1.54, 1.807) is 4.90 Å². The van der Waals surface area contributed by atoms with Gasteiger partial charge in [0.15, 0.2) is 0 Å². The zero-order chi connectivity index (χ0) is 21.0. The van der Waals surface area contributed by atoms with Crippen molar-refractivity contribution in [2.45, 2.75) is 43.8 Å². The summed E-state index contributed by atoms with van der Waals surface area (Å²) >= 11 is 0. The van der Waals surface area contributed by atoms with Crippen LogP contribution in [0.4, 0.5) is 26.3 Å². The highest BCUT2D eigenvalue weighted by Crippen LogP contribution is 2.42. The molecule has 1 amide bonds. The molecule has 2 fully saturated rings. The van der Waals surface area contributed by atoms with Gasteiger partial charge in [0, 0.05) is 11.9 Å². The third kappa shape index (κ3) is 3.54. The SMILES string of the molecule is O=C1CO[C@H](c2cc(C(F)(F)F)nc3c(C(F)(F)F)cccc23)[C@@H]2CCCCN12. The van der Waals surface area contributed by atoms with Crippen molar-refractivity contribution in [2.75, 3.05) is 13.2 Å². The normalized spacial score (nSPS) is 23.4. The Labute approximate surface area is 161 Å². The Hall–Kier alpha value is -2.36. The van der Waals surface area contributed by atoms with Crippen LogP contribution in [0.15, 0.2) is 24.3 Å². The second-order valence-electron chi connectivity index (χ2n) is 7.18. The van der Waals surface area contributed by atoms with Gasteiger partial charge in [-0.3, -0.25) is 4.79 Å². The topological polar surface area (TPSA) is 42.4 Å². The molecule has 2 aliphatic heterocycles. The lowest BCUT2D eigenvalue weighted by Crippen LogP contribution is -2.53. The van der Waals surface area contributed by atoms with E-state index in [0.29, 0.717) is 19.0 Å². The summed E-state index contributed by atoms with van der Waals surface area (Å²) in [4.78, 5) is 17.0. The van der Waals surface area contributed by atoms with Crippen LogP contribution in [-0.4, -0.2) is 35.0 Å². The van der Waals surface area contributed by atoms with Crippen LogP contribution in [0, 0.1) is 0 Å². The number of ether oxygens (including phenoxy) is 1. The number of amides is 1. The molecule has 2 aliphatic rings. The van der Waals surface area contributed by atoms with Gasteiger partial charge >= 0.3 is 12.4 Å². The first kappa shape index (κ1) is 19.9. The highest BCUT2D eigenvalue weighted by Gasteiger charge is 2.42. The number of nitrogens with zero attached hydrogens (tertiary/aromatic N) is 2. The number of pyridine rings is 1. The van der Waals surface area contributed by atoms with Crippen LogP contribution in [0.5, 0.6) is 0 Å². The molecule has 29 heavy (non-hydrogen) atoms. The van der Waals surface area contributed by atoms with Crippen LogP contribution in [0.2, 0.25) is 0 Å². The van der Waals surface area contributed by atoms with Gasteiger partial charge in [0.2, 0.25) is 5.91 Å². The fourth-order valence-corrected chi connectivity index (χ4v) is 4.12. The average Bonchev–Trinajstić information content (AvgIpc) is 2.66. The summed E-state index contributed by atoms with van der Waals surface area (Å²) in [5.74, 6) is -0.267. The van der Waals surface area contributed by atoms with E-state index < -0.39 is 41.3 Å². The smallest absolute Gasteiger partial charge is 0.362 e. The molecule has 4 nitrogen and oxygen atoms in total. The molecular formula is C19H16F6N2O2. The Morgan fingerprint density at radius 2 is 1.83 bits per heavy atom. The summed E-state index contributed by atoms with van der Waals surface area (Å²) in [5, 5.41) is -0.0577. The number of benzene rings is 1. The minimum absolute atomic E-state index is 0.0298. The predicted octanol–water partition coefficient (Wildman–Crippen LogP) is 4.72. The first-order valence-electron chi connectivity index (χ1n) is 9.06. The molecule has 0 unspecified atom stereocenters. The summed E-state index contributed by atoms with van der Waals surface area (Å²) in [6, 6.07) is 3.37. The molecule has 156 valence electrons. The van der Waals surface area contributed by atoms with E-state index in [-0.39, 0.29) is 23.5 Å². The Morgan fingerprint density at radius 3 is 2.52 bits per heavy atom. The van der Waals surface area contributed by atoms with Crippen LogP contribution < -0.4 is 0 Å². The van der Waals surface area contributed by atoms with Gasteiger partial charge in [0.25, 0.3) is 0 Å². The monoisotopic (exact) mass is 418 g/mol. The van der Waals surface area contributed by atoms with Crippen LogP contribution >= 0.6 is 0 Å². The van der Waals surface area contributed by atoms with Crippen molar-refractivity contribution < 1.29 is 35.9 Å². The van der Waals surface area contributed by atoms with Crippen LogP contribution in [0.25, 0.3) is 10.9 Å². The first-order valence-corrected chi connectivity index (χ1v) is 9.06. The maximum absolute atomic E-state index is 13.4. The van der Waals surface area contributed by atoms with Gasteiger partial charge in [0.1, 0.15) is 18.4 Å². The van der Waals surface area contributed by atoms with Crippen molar-refractivity contribution in [3.63, 3.8) is 0 Å². The number of aromatic nitrogens is 1. The van der Waals surface area contributed by atoms with Crippen molar-refractivity contribution in [3.05, 3.63) is 41.1 Å². The molecule has 1 aromatic heterocycles. The fourth-order valence-electron chi connectivity index (χ4n) is 4.12. The average molecular weight is 418 g/mol. The third-order valence-corrected chi connectivity index (χ3v) is 5.38. The molecule has 0 aliphatic carbocycles. The Balaban J connectivity index is 1.95. The quantitative estimate of drug-likeness (QED) is 0.630. The molecule has 4 rings (SSSR count). The van der Waals surface area contributed by atoms with Gasteiger partial charge in [-0.05, 0) is 37.0 Å². The third-order valence-electron chi connectivity index (χ3n) is 5.38. The van der Waals surface area contributed by atoms with Crippen molar-refractivity contribution in [1.82, 2.24) is 9.88 Å². The summed E-state index contributed by atoms with van der Waals surface area (Å²) in [6.45, 7) is 0.123. The molecule has 0 N–H and O–H groups in total. The van der Waals surface area contributed by atoms with Crippen LogP contribution in [-0.2, 0) is 21.9 Å². The van der Waals surface area contributed by atoms with E-state index in [1.165, 1.54) is 6.07 Å². The molecule has 10 heteroatoms. The van der Waals surface area contributed by atoms with Gasteiger partial charge in [-0.25, -0.2) is 4.98 Å². The molecular weight excluding hydrogens is 402 g/mol. The Bertz CT molecular complexity index is 956. The second kappa shape index (κ2) is 6.86. The Morgan fingerprint density at radius 1 is 1.07 bits per heavy atom. The number of rotatable bonds is 1. The van der Waals surface area contributed by atoms with Gasteiger partial charge < -0.3 is 9.64 Å². The molecule has 2 atom stereocenters. The van der Waals surface area contributed by atoms with Crippen molar-refractivity contribution in [1.29, 1.82) is 0 Å². The molecule has 0 radical (unpaired) electrons. The minimum atomic E-state index is -4.93. The lowest BCUT2D eigenvalue weighted by Gasteiger charge is -2.44. The molecule has 2 aromatic rings. The molecule has 3 heterocycles. The van der Waals surface area contributed by atoms with Gasteiger partial charge in [-0.15, -0.1) is 0 Å². The summed E-state index contributed by atoms with van der Waals surface area (Å²) in [5.41, 5.74) is -3.46. The van der Waals surface area contributed by atoms with E-state index in [9.17, 15) is 31.1 Å². The maximum Gasteiger partial charge on any atom is 0.433 e. The van der Waals surface area contributed by atoms with Crippen molar-refractivity contribution >= 4 is 16.8 Å². The lowest BCUT2D eigenvalue weighted by molar-refractivity contribution is -0.161. The largest absolute Gasteiger partial charge is 0.433 e. The van der Waals surface area contributed by atoms with Crippen LogP contribution in [0.3, 0.4) is 0 Å². The zero-order valence-corrected chi connectivity index (χ0v) is 15.0. The summed E-state index contributed by atoms with van der Waals surface area (Å²) in [7, 11) is 0. The highest BCUT2D eigenvalue weighted by molar-refractivity contribution is 5.87. The lowest BCUT2D eigenvalue weighted by atomic mass is 9.89. The fraction of sp³-hybridized carbons (Fsp3) is 0.474. The molecule has 0 spiro atoms. The molecule has 2 saturated heterocycles. The number of hydrogen-bond acceptors (Lipinski definition) is 3. The zero-order valence-electron chi connectivity index (χ0n) is 15.0.